The van der Waals surface area contributed by atoms with E-state index in [9.17, 15) is 48.9 Å². The zero-order valence-corrected chi connectivity index (χ0v) is 38.1. The molecule has 0 aliphatic heterocycles. The van der Waals surface area contributed by atoms with Gasteiger partial charge >= 0.3 is 0 Å². The van der Waals surface area contributed by atoms with E-state index >= 15 is 0 Å². The molecule has 0 aliphatic carbocycles. The number of benzene rings is 6. The number of nitrogen functional groups attached to an aromatic ring is 2. The lowest BCUT2D eigenvalue weighted by Gasteiger charge is -2.04. The lowest BCUT2D eigenvalue weighted by Crippen LogP contribution is -1.96. The molecule has 0 spiro atoms. The first-order valence-electron chi connectivity index (χ1n) is 19.4. The molecule has 0 amide bonds. The van der Waals surface area contributed by atoms with Gasteiger partial charge in [-0.25, -0.2) is 8.42 Å². The van der Waals surface area contributed by atoms with Gasteiger partial charge in [0.2, 0.25) is 0 Å². The van der Waals surface area contributed by atoms with Crippen molar-refractivity contribution in [2.75, 3.05) is 11.5 Å². The molecule has 6 aromatic carbocycles. The topological polar surface area (TPSA) is 259 Å². The molecule has 0 heterocycles. The zero-order chi connectivity index (χ0) is 48.8. The molecule has 6 aromatic rings. The van der Waals surface area contributed by atoms with Crippen LogP contribution in [0.2, 0.25) is 0 Å². The molecule has 18 heteroatoms. The lowest BCUT2D eigenvalue weighted by atomic mass is 10.0. The first-order chi connectivity index (χ1) is 30.4. The van der Waals surface area contributed by atoms with E-state index in [4.69, 9.17) is 22.1 Å². The molecular formula is C47H49ClN6O10S. The monoisotopic (exact) mass is 924 g/mol. The van der Waals surface area contributed by atoms with Crippen LogP contribution in [0.15, 0.2) is 114 Å². The standard InChI is InChI=1S/C16H14N2O4.C16H18N2.C8H9NO2.C7H6ClNO4S.H2/c1-11-9-15(17(19)20)7-5-13(11)3-4-14-6-8-16(18(21)22)10-12(14)2;1-11-9-15(17)7-5-13(11)3-4-14-6-8-16(18)10-12(14)2;1-6-3-4-8(9(10)11)5-7(6)2;1-5-2-3-6(9(10)11)4-7(5)14(8,12)13;/h3-10H,1-2H3;3-10H,17-18H2,1-2H3;3-5H,1-2H3;2-4H,1H3;1H/b2*4-3+;;;. The Labute approximate surface area is 382 Å². The van der Waals surface area contributed by atoms with E-state index in [1.807, 2.05) is 62.4 Å². The summed E-state index contributed by atoms with van der Waals surface area (Å²) >= 11 is 0. The van der Waals surface area contributed by atoms with Crippen LogP contribution in [0.5, 0.6) is 0 Å². The number of nitro benzene ring substituents is 4. The van der Waals surface area contributed by atoms with Gasteiger partial charge in [-0.05, 0) is 146 Å². The van der Waals surface area contributed by atoms with Crippen LogP contribution in [-0.2, 0) is 9.05 Å². The molecule has 0 radical (unpaired) electrons. The molecule has 340 valence electrons. The van der Waals surface area contributed by atoms with Crippen LogP contribution in [0.3, 0.4) is 0 Å². The number of halogens is 1. The molecule has 4 N–H and O–H groups in total. The highest BCUT2D eigenvalue weighted by molar-refractivity contribution is 8.13. The highest BCUT2D eigenvalue weighted by atomic mass is 35.7. The average Bonchev–Trinajstić information content (AvgIpc) is 3.22. The summed E-state index contributed by atoms with van der Waals surface area (Å²) in [6.45, 7) is 13.0. The van der Waals surface area contributed by atoms with Crippen LogP contribution >= 0.6 is 10.7 Å². The van der Waals surface area contributed by atoms with Crippen molar-refractivity contribution < 1.29 is 29.5 Å². The Morgan fingerprint density at radius 2 is 0.692 bits per heavy atom. The number of anilines is 2. The van der Waals surface area contributed by atoms with Gasteiger partial charge in [-0.3, -0.25) is 40.5 Å². The van der Waals surface area contributed by atoms with Gasteiger partial charge in [0.15, 0.2) is 0 Å². The minimum atomic E-state index is -3.92. The molecule has 16 nitrogen and oxygen atoms in total. The van der Waals surface area contributed by atoms with Crippen LogP contribution in [0.25, 0.3) is 24.3 Å². The van der Waals surface area contributed by atoms with E-state index in [1.54, 1.807) is 38.1 Å². The number of nitro groups is 4. The summed E-state index contributed by atoms with van der Waals surface area (Å²) in [5.74, 6) is 0. The molecule has 0 atom stereocenters. The average molecular weight is 925 g/mol. The minimum absolute atomic E-state index is 0. The molecule has 6 rings (SSSR count). The second-order valence-electron chi connectivity index (χ2n) is 14.7. The van der Waals surface area contributed by atoms with Gasteiger partial charge < -0.3 is 11.5 Å². The van der Waals surface area contributed by atoms with Crippen molar-refractivity contribution in [3.05, 3.63) is 211 Å². The molecule has 0 bridgehead atoms. The fourth-order valence-electron chi connectivity index (χ4n) is 5.86. The third-order valence-corrected chi connectivity index (χ3v) is 11.2. The summed E-state index contributed by atoms with van der Waals surface area (Å²) in [6, 6.07) is 29.5. The number of rotatable bonds is 9. The molecule has 65 heavy (non-hydrogen) atoms. The van der Waals surface area contributed by atoms with E-state index in [2.05, 4.69) is 26.0 Å². The SMILES string of the molecule is Cc1cc(N)ccc1/C=C/c1ccc(N)cc1C.Cc1cc([N+](=O)[O-])ccc1/C=C/c1ccc([N+](=O)[O-])cc1C.Cc1ccc([N+](=O)[O-])cc1C.Cc1ccc([N+](=O)[O-])cc1S(=O)(=O)Cl.[HH]. The first-order valence-corrected chi connectivity index (χ1v) is 21.7. The van der Waals surface area contributed by atoms with E-state index in [0.717, 1.165) is 50.8 Å². The van der Waals surface area contributed by atoms with Crippen molar-refractivity contribution in [2.24, 2.45) is 0 Å². The fraction of sp³-hybridized carbons (Fsp3) is 0.149. The second-order valence-corrected chi connectivity index (χ2v) is 17.2. The molecule has 0 unspecified atom stereocenters. The minimum Gasteiger partial charge on any atom is -0.399 e. The summed E-state index contributed by atoms with van der Waals surface area (Å²) in [7, 11) is 1.17. The first kappa shape index (κ1) is 51.6. The van der Waals surface area contributed by atoms with Crippen LogP contribution in [-0.4, -0.2) is 28.1 Å². The van der Waals surface area contributed by atoms with Gasteiger partial charge in [0.25, 0.3) is 31.8 Å². The largest absolute Gasteiger partial charge is 0.399 e. The third kappa shape index (κ3) is 15.8. The maximum atomic E-state index is 11.0. The second kappa shape index (κ2) is 23.1. The molecule has 0 saturated heterocycles. The third-order valence-electron chi connectivity index (χ3n) is 9.75. The number of non-ortho nitro benzene ring substituents is 4. The van der Waals surface area contributed by atoms with Crippen LogP contribution in [0, 0.1) is 88.9 Å². The van der Waals surface area contributed by atoms with Crippen molar-refractivity contribution in [3.8, 4) is 0 Å². The Morgan fingerprint density at radius 1 is 0.415 bits per heavy atom. The van der Waals surface area contributed by atoms with Crippen LogP contribution < -0.4 is 11.5 Å². The molecular weight excluding hydrogens is 876 g/mol. The van der Waals surface area contributed by atoms with Gasteiger partial charge in [-0.2, -0.15) is 0 Å². The fourth-order valence-corrected chi connectivity index (χ4v) is 7.07. The van der Waals surface area contributed by atoms with Crippen molar-refractivity contribution in [2.45, 2.75) is 53.4 Å². The van der Waals surface area contributed by atoms with Crippen molar-refractivity contribution >= 4 is 78.2 Å². The van der Waals surface area contributed by atoms with E-state index in [1.165, 1.54) is 71.6 Å². The summed E-state index contributed by atoms with van der Waals surface area (Å²) in [5, 5.41) is 42.0. The lowest BCUT2D eigenvalue weighted by molar-refractivity contribution is -0.385. The Balaban J connectivity index is 0.000000310. The Hall–Kier alpha value is -7.76. The summed E-state index contributed by atoms with van der Waals surface area (Å²) in [4.78, 5) is 39.9. The Bertz CT molecular complexity index is 2830. The molecule has 0 fully saturated rings. The highest BCUT2D eigenvalue weighted by Crippen LogP contribution is 2.25. The van der Waals surface area contributed by atoms with Crippen LogP contribution in [0.1, 0.15) is 62.6 Å². The van der Waals surface area contributed by atoms with Gasteiger partial charge in [-0.15, -0.1) is 0 Å². The van der Waals surface area contributed by atoms with Gasteiger partial charge in [0.1, 0.15) is 0 Å². The number of hydrogen-bond acceptors (Lipinski definition) is 12. The van der Waals surface area contributed by atoms with Crippen molar-refractivity contribution in [3.63, 3.8) is 0 Å². The quantitative estimate of drug-likeness (QED) is 0.0451. The molecule has 0 aliphatic rings. The smallest absolute Gasteiger partial charge is 0.270 e. The predicted octanol–water partition coefficient (Wildman–Crippen LogP) is 12.2. The zero-order valence-electron chi connectivity index (χ0n) is 36.5. The van der Waals surface area contributed by atoms with Gasteiger partial charge in [0.05, 0.1) is 24.6 Å². The van der Waals surface area contributed by atoms with Crippen molar-refractivity contribution in [1.82, 2.24) is 0 Å². The number of aryl methyl sites for hydroxylation is 7. The molecule has 0 saturated carbocycles. The molecule has 0 aromatic heterocycles. The summed E-state index contributed by atoms with van der Waals surface area (Å²) in [6.07, 6.45) is 7.89. The maximum absolute atomic E-state index is 11.0. The Kier molecular flexibility index (Phi) is 18.3. The van der Waals surface area contributed by atoms with E-state index in [0.29, 0.717) is 5.56 Å². The normalized spacial score (nSPS) is 10.8. The number of nitrogens with two attached hydrogens (primary N) is 2. The van der Waals surface area contributed by atoms with E-state index in [-0.39, 0.29) is 34.0 Å². The van der Waals surface area contributed by atoms with Crippen LogP contribution in [0.4, 0.5) is 34.1 Å². The predicted molar refractivity (Wildman–Crippen MR) is 260 cm³/mol. The van der Waals surface area contributed by atoms with E-state index < -0.39 is 23.8 Å². The van der Waals surface area contributed by atoms with Gasteiger partial charge in [-0.1, -0.05) is 48.6 Å². The number of hydrogen-bond donors (Lipinski definition) is 2. The maximum Gasteiger partial charge on any atom is 0.270 e. The van der Waals surface area contributed by atoms with Gasteiger partial charge in [0, 0.05) is 72.0 Å². The summed E-state index contributed by atoms with van der Waals surface area (Å²) in [5.41, 5.74) is 23.5. The van der Waals surface area contributed by atoms with Crippen molar-refractivity contribution in [1.29, 1.82) is 0 Å². The highest BCUT2D eigenvalue weighted by Gasteiger charge is 2.18. The summed E-state index contributed by atoms with van der Waals surface area (Å²) < 4.78 is 21.9. The number of nitrogens with zero attached hydrogens (tertiary/aromatic N) is 4. The Morgan fingerprint density at radius 3 is 0.985 bits per heavy atom.